The third kappa shape index (κ3) is 7.05. The molecule has 0 radical (unpaired) electrons. The molecule has 3 heteroatoms. The third-order valence-corrected chi connectivity index (χ3v) is 1.96. The average Bonchev–Trinajstić information content (AvgIpc) is 1.85. The lowest BCUT2D eigenvalue weighted by Crippen LogP contribution is -3.00. The molecule has 0 aliphatic heterocycles. The van der Waals surface area contributed by atoms with Crippen molar-refractivity contribution >= 4 is 0 Å². The van der Waals surface area contributed by atoms with Gasteiger partial charge in [-0.2, -0.15) is 0 Å². The van der Waals surface area contributed by atoms with Gasteiger partial charge in [-0.15, -0.1) is 0 Å². The fourth-order valence-electron chi connectivity index (χ4n) is 1.26. The summed E-state index contributed by atoms with van der Waals surface area (Å²) < 4.78 is 0.962. The zero-order chi connectivity index (χ0) is 9.78. The number of quaternary nitrogens is 1. The molecular weight excluding hydrogens is 184 g/mol. The van der Waals surface area contributed by atoms with Crippen molar-refractivity contribution in [2.24, 2.45) is 0 Å². The standard InChI is InChI=1S/C10H23N2.ClH/c1-7-10(12(4,5)6)11-8-9(2)3;/h10-11H,2,7-8H2,1,3-6H3;1H/q+1;/p-1. The highest BCUT2D eigenvalue weighted by Crippen LogP contribution is 2.03. The fraction of sp³-hybridized carbons (Fsp3) is 0.800. The molecule has 80 valence electrons. The fourth-order valence-corrected chi connectivity index (χ4v) is 1.26. The van der Waals surface area contributed by atoms with E-state index in [0.29, 0.717) is 6.17 Å². The summed E-state index contributed by atoms with van der Waals surface area (Å²) in [5.74, 6) is 0. The van der Waals surface area contributed by atoms with Gasteiger partial charge in [0.2, 0.25) is 0 Å². The van der Waals surface area contributed by atoms with Crippen molar-refractivity contribution in [1.29, 1.82) is 0 Å². The molecule has 0 rings (SSSR count). The highest BCUT2D eigenvalue weighted by atomic mass is 35.5. The monoisotopic (exact) mass is 206 g/mol. The van der Waals surface area contributed by atoms with Crippen LogP contribution in [0.3, 0.4) is 0 Å². The Bertz CT molecular complexity index is 149. The van der Waals surface area contributed by atoms with E-state index in [1.165, 1.54) is 5.57 Å². The number of nitrogens with zero attached hydrogens (tertiary/aromatic N) is 1. The summed E-state index contributed by atoms with van der Waals surface area (Å²) in [6.07, 6.45) is 1.68. The Morgan fingerprint density at radius 2 is 1.85 bits per heavy atom. The molecule has 0 aliphatic rings. The zero-order valence-corrected chi connectivity index (χ0v) is 10.3. The van der Waals surface area contributed by atoms with Gasteiger partial charge in [0.1, 0.15) is 6.17 Å². The Morgan fingerprint density at radius 1 is 1.38 bits per heavy atom. The molecule has 0 spiro atoms. The largest absolute Gasteiger partial charge is 1.00 e. The van der Waals surface area contributed by atoms with Gasteiger partial charge in [-0.05, 0) is 6.92 Å². The predicted octanol–water partition coefficient (Wildman–Crippen LogP) is -1.40. The van der Waals surface area contributed by atoms with Gasteiger partial charge in [0, 0.05) is 13.0 Å². The Hall–Kier alpha value is -0.0500. The molecule has 2 nitrogen and oxygen atoms in total. The molecule has 0 aromatic heterocycles. The molecule has 0 aromatic carbocycles. The van der Waals surface area contributed by atoms with Crippen molar-refractivity contribution in [3.63, 3.8) is 0 Å². The van der Waals surface area contributed by atoms with Crippen LogP contribution < -0.4 is 17.7 Å². The minimum absolute atomic E-state index is 0. The van der Waals surface area contributed by atoms with Crippen LogP contribution in [0.5, 0.6) is 0 Å². The topological polar surface area (TPSA) is 12.0 Å². The van der Waals surface area contributed by atoms with Gasteiger partial charge in [-0.25, -0.2) is 0 Å². The van der Waals surface area contributed by atoms with E-state index in [2.05, 4.69) is 46.9 Å². The predicted molar refractivity (Wildman–Crippen MR) is 54.9 cm³/mol. The van der Waals surface area contributed by atoms with Crippen LogP contribution >= 0.6 is 0 Å². The highest BCUT2D eigenvalue weighted by molar-refractivity contribution is 4.90. The summed E-state index contributed by atoms with van der Waals surface area (Å²) in [5, 5.41) is 3.48. The second-order valence-corrected chi connectivity index (χ2v) is 4.38. The molecular formula is C10H23ClN2. The number of halogens is 1. The minimum atomic E-state index is 0. The molecule has 1 N–H and O–H groups in total. The average molecular weight is 207 g/mol. The number of rotatable bonds is 5. The molecule has 1 unspecified atom stereocenters. The van der Waals surface area contributed by atoms with Crippen LogP contribution in [0.2, 0.25) is 0 Å². The Kier molecular flexibility index (Phi) is 7.61. The van der Waals surface area contributed by atoms with Crippen LogP contribution in [-0.2, 0) is 0 Å². The van der Waals surface area contributed by atoms with Gasteiger partial charge in [0.25, 0.3) is 0 Å². The van der Waals surface area contributed by atoms with E-state index in [0.717, 1.165) is 17.4 Å². The molecule has 0 bridgehead atoms. The molecule has 0 heterocycles. The second-order valence-electron chi connectivity index (χ2n) is 4.38. The summed E-state index contributed by atoms with van der Waals surface area (Å²) in [4.78, 5) is 0. The number of hydrogen-bond acceptors (Lipinski definition) is 1. The van der Waals surface area contributed by atoms with Crippen molar-refractivity contribution in [3.05, 3.63) is 12.2 Å². The van der Waals surface area contributed by atoms with E-state index < -0.39 is 0 Å². The molecule has 0 saturated carbocycles. The zero-order valence-electron chi connectivity index (χ0n) is 9.52. The summed E-state index contributed by atoms with van der Waals surface area (Å²) in [6, 6.07) is 0. The lowest BCUT2D eigenvalue weighted by atomic mass is 10.2. The normalized spacial score (nSPS) is 13.3. The SMILES string of the molecule is C=C(C)CNC(CC)[N+](C)(C)C.[Cl-]. The maximum atomic E-state index is 3.87. The van der Waals surface area contributed by atoms with Crippen LogP contribution in [0.25, 0.3) is 0 Å². The van der Waals surface area contributed by atoms with E-state index in [-0.39, 0.29) is 12.4 Å². The van der Waals surface area contributed by atoms with Crippen molar-refractivity contribution in [3.8, 4) is 0 Å². The Labute approximate surface area is 89.0 Å². The first-order valence-electron chi connectivity index (χ1n) is 4.56. The first-order valence-corrected chi connectivity index (χ1v) is 4.56. The van der Waals surface area contributed by atoms with E-state index in [1.807, 2.05) is 0 Å². The smallest absolute Gasteiger partial charge is 0.142 e. The molecule has 0 fully saturated rings. The van der Waals surface area contributed by atoms with Crippen LogP contribution in [0, 0.1) is 0 Å². The van der Waals surface area contributed by atoms with E-state index in [1.54, 1.807) is 0 Å². The molecule has 0 amide bonds. The van der Waals surface area contributed by atoms with Crippen molar-refractivity contribution in [2.45, 2.75) is 26.4 Å². The van der Waals surface area contributed by atoms with Gasteiger partial charge in [-0.3, -0.25) is 5.32 Å². The molecule has 0 saturated heterocycles. The van der Waals surface area contributed by atoms with Crippen LogP contribution in [0.15, 0.2) is 12.2 Å². The lowest BCUT2D eigenvalue weighted by Gasteiger charge is -2.34. The van der Waals surface area contributed by atoms with E-state index >= 15 is 0 Å². The summed E-state index contributed by atoms with van der Waals surface area (Å²) in [7, 11) is 6.62. The Morgan fingerprint density at radius 3 is 2.08 bits per heavy atom. The van der Waals surface area contributed by atoms with E-state index in [4.69, 9.17) is 0 Å². The highest BCUT2D eigenvalue weighted by Gasteiger charge is 2.20. The van der Waals surface area contributed by atoms with Gasteiger partial charge in [-0.1, -0.05) is 19.1 Å². The van der Waals surface area contributed by atoms with Crippen LogP contribution in [-0.4, -0.2) is 38.3 Å². The van der Waals surface area contributed by atoms with E-state index in [9.17, 15) is 0 Å². The molecule has 13 heavy (non-hydrogen) atoms. The first-order chi connectivity index (χ1) is 5.38. The Balaban J connectivity index is 0. The maximum absolute atomic E-state index is 3.87. The summed E-state index contributed by atoms with van der Waals surface area (Å²) >= 11 is 0. The van der Waals surface area contributed by atoms with Gasteiger partial charge in [0.15, 0.2) is 0 Å². The summed E-state index contributed by atoms with van der Waals surface area (Å²) in [6.45, 7) is 9.06. The van der Waals surface area contributed by atoms with Crippen molar-refractivity contribution < 1.29 is 16.9 Å². The number of hydrogen-bond donors (Lipinski definition) is 1. The molecule has 0 aromatic rings. The molecule has 1 atom stereocenters. The van der Waals surface area contributed by atoms with Crippen molar-refractivity contribution in [1.82, 2.24) is 5.32 Å². The third-order valence-electron chi connectivity index (χ3n) is 1.96. The molecule has 0 aliphatic carbocycles. The second kappa shape index (κ2) is 6.41. The minimum Gasteiger partial charge on any atom is -1.00 e. The van der Waals surface area contributed by atoms with Crippen molar-refractivity contribution in [2.75, 3.05) is 27.7 Å². The maximum Gasteiger partial charge on any atom is 0.142 e. The van der Waals surface area contributed by atoms with Gasteiger partial charge < -0.3 is 16.9 Å². The van der Waals surface area contributed by atoms with Gasteiger partial charge >= 0.3 is 0 Å². The van der Waals surface area contributed by atoms with Gasteiger partial charge in [0.05, 0.1) is 21.1 Å². The first kappa shape index (κ1) is 15.4. The van der Waals surface area contributed by atoms with Crippen LogP contribution in [0.4, 0.5) is 0 Å². The lowest BCUT2D eigenvalue weighted by molar-refractivity contribution is -0.899. The number of nitrogens with one attached hydrogen (secondary N) is 1. The quantitative estimate of drug-likeness (QED) is 0.332. The summed E-state index contributed by atoms with van der Waals surface area (Å²) in [5.41, 5.74) is 1.20. The van der Waals surface area contributed by atoms with Crippen LogP contribution in [0.1, 0.15) is 20.3 Å².